The second-order valence-corrected chi connectivity index (χ2v) is 6.00. The molecule has 120 valence electrons. The van der Waals surface area contributed by atoms with Gasteiger partial charge in [0.05, 0.1) is 32.3 Å². The Morgan fingerprint density at radius 2 is 2.18 bits per heavy atom. The van der Waals surface area contributed by atoms with Gasteiger partial charge < -0.3 is 14.4 Å². The molecular formula is C16H21FN2O3. The van der Waals surface area contributed by atoms with Gasteiger partial charge in [0.15, 0.2) is 11.6 Å². The molecule has 2 atom stereocenters. The van der Waals surface area contributed by atoms with Gasteiger partial charge in [0, 0.05) is 26.7 Å². The number of halogens is 1. The number of benzene rings is 1. The summed E-state index contributed by atoms with van der Waals surface area (Å²) in [6.07, 6.45) is 0. The van der Waals surface area contributed by atoms with Crippen LogP contribution in [0.4, 0.5) is 4.39 Å². The van der Waals surface area contributed by atoms with Crippen molar-refractivity contribution in [1.82, 2.24) is 9.80 Å². The van der Waals surface area contributed by atoms with Crippen molar-refractivity contribution in [1.29, 1.82) is 0 Å². The van der Waals surface area contributed by atoms with Crippen LogP contribution < -0.4 is 4.74 Å². The molecule has 1 aromatic carbocycles. The van der Waals surface area contributed by atoms with E-state index in [1.807, 2.05) is 13.1 Å². The van der Waals surface area contributed by atoms with Crippen LogP contribution in [-0.2, 0) is 16.1 Å². The van der Waals surface area contributed by atoms with Crippen molar-refractivity contribution in [3.63, 3.8) is 0 Å². The smallest absolute Gasteiger partial charge is 0.229 e. The standard InChI is InChI=1S/C16H21FN2O3/c1-18-13-8-19(7-12(16(18)20)9-22-10-13)6-11-3-4-15(21-2)14(17)5-11/h3-5,12-13H,6-10H2,1-2H3/t12-,13+/m1/s1. The number of rotatable bonds is 3. The van der Waals surface area contributed by atoms with Gasteiger partial charge in [0.2, 0.25) is 5.91 Å². The maximum absolute atomic E-state index is 13.8. The van der Waals surface area contributed by atoms with Crippen LogP contribution in [0.1, 0.15) is 5.56 Å². The predicted octanol–water partition coefficient (Wildman–Crippen LogP) is 1.12. The van der Waals surface area contributed by atoms with Gasteiger partial charge in [-0.2, -0.15) is 0 Å². The minimum absolute atomic E-state index is 0.0584. The number of carbonyl (C=O) groups is 1. The van der Waals surface area contributed by atoms with Crippen LogP contribution in [0.3, 0.4) is 0 Å². The molecule has 1 amide bonds. The first kappa shape index (κ1) is 15.2. The number of nitrogens with zero attached hydrogens (tertiary/aromatic N) is 2. The summed E-state index contributed by atoms with van der Waals surface area (Å²) in [4.78, 5) is 16.3. The van der Waals surface area contributed by atoms with Gasteiger partial charge in [0.1, 0.15) is 0 Å². The minimum atomic E-state index is -0.355. The molecule has 0 aromatic heterocycles. The molecule has 5 nitrogen and oxygen atoms in total. The average molecular weight is 308 g/mol. The van der Waals surface area contributed by atoms with Gasteiger partial charge in [-0.1, -0.05) is 6.07 Å². The molecule has 2 bridgehead atoms. The number of carbonyl (C=O) groups excluding carboxylic acids is 1. The lowest BCUT2D eigenvalue weighted by Gasteiger charge is -2.29. The van der Waals surface area contributed by atoms with E-state index in [0.29, 0.717) is 26.3 Å². The quantitative estimate of drug-likeness (QED) is 0.839. The summed E-state index contributed by atoms with van der Waals surface area (Å²) in [6.45, 7) is 3.04. The Morgan fingerprint density at radius 1 is 1.36 bits per heavy atom. The summed E-state index contributed by atoms with van der Waals surface area (Å²) in [5, 5.41) is 0. The average Bonchev–Trinajstić information content (AvgIpc) is 2.66. The van der Waals surface area contributed by atoms with Gasteiger partial charge in [-0.15, -0.1) is 0 Å². The third kappa shape index (κ3) is 2.94. The van der Waals surface area contributed by atoms with Crippen molar-refractivity contribution >= 4 is 5.91 Å². The maximum Gasteiger partial charge on any atom is 0.229 e. The second kappa shape index (κ2) is 6.22. The van der Waals surface area contributed by atoms with E-state index < -0.39 is 0 Å². The fourth-order valence-corrected chi connectivity index (χ4v) is 3.18. The highest BCUT2D eigenvalue weighted by Gasteiger charge is 2.37. The summed E-state index contributed by atoms with van der Waals surface area (Å²) in [5.74, 6) is -0.0992. The Hall–Kier alpha value is -1.66. The Kier molecular flexibility index (Phi) is 4.31. The number of fused-ring (bicyclic) bond motifs is 3. The highest BCUT2D eigenvalue weighted by molar-refractivity contribution is 5.79. The van der Waals surface area contributed by atoms with Crippen LogP contribution in [0.5, 0.6) is 5.75 Å². The Bertz CT molecular complexity index is 566. The normalized spacial score (nSPS) is 26.0. The van der Waals surface area contributed by atoms with Crippen molar-refractivity contribution in [2.24, 2.45) is 5.92 Å². The Labute approximate surface area is 129 Å². The molecule has 0 spiro atoms. The number of methoxy groups -OCH3 is 1. The van der Waals surface area contributed by atoms with Gasteiger partial charge >= 0.3 is 0 Å². The van der Waals surface area contributed by atoms with Crippen molar-refractivity contribution < 1.29 is 18.7 Å². The topological polar surface area (TPSA) is 42.0 Å². The van der Waals surface area contributed by atoms with Crippen LogP contribution in [0.2, 0.25) is 0 Å². The number of hydrogen-bond acceptors (Lipinski definition) is 4. The lowest BCUT2D eigenvalue weighted by Crippen LogP contribution is -2.42. The van der Waals surface area contributed by atoms with Crippen molar-refractivity contribution in [2.45, 2.75) is 12.6 Å². The van der Waals surface area contributed by atoms with Crippen LogP contribution in [-0.4, -0.2) is 62.2 Å². The first-order valence-corrected chi connectivity index (χ1v) is 7.47. The van der Waals surface area contributed by atoms with Crippen molar-refractivity contribution in [3.8, 4) is 5.75 Å². The van der Waals surface area contributed by atoms with Crippen LogP contribution >= 0.6 is 0 Å². The van der Waals surface area contributed by atoms with E-state index in [-0.39, 0.29) is 29.4 Å². The van der Waals surface area contributed by atoms with Crippen LogP contribution in [0.25, 0.3) is 0 Å². The summed E-state index contributed by atoms with van der Waals surface area (Å²) in [7, 11) is 3.29. The summed E-state index contributed by atoms with van der Waals surface area (Å²) in [6, 6.07) is 5.07. The molecule has 1 aromatic rings. The lowest BCUT2D eigenvalue weighted by molar-refractivity contribution is -0.133. The fourth-order valence-electron chi connectivity index (χ4n) is 3.18. The summed E-state index contributed by atoms with van der Waals surface area (Å²) in [5.41, 5.74) is 0.884. The van der Waals surface area contributed by atoms with E-state index in [4.69, 9.17) is 9.47 Å². The molecule has 2 heterocycles. The van der Waals surface area contributed by atoms with Gasteiger partial charge in [-0.3, -0.25) is 9.69 Å². The third-order valence-electron chi connectivity index (χ3n) is 4.44. The monoisotopic (exact) mass is 308 g/mol. The summed E-state index contributed by atoms with van der Waals surface area (Å²) >= 11 is 0. The largest absolute Gasteiger partial charge is 0.494 e. The van der Waals surface area contributed by atoms with Crippen molar-refractivity contribution in [3.05, 3.63) is 29.6 Å². The fraction of sp³-hybridized carbons (Fsp3) is 0.562. The molecule has 2 aliphatic heterocycles. The number of hydrogen-bond donors (Lipinski definition) is 0. The van der Waals surface area contributed by atoms with E-state index >= 15 is 0 Å². The first-order valence-electron chi connectivity index (χ1n) is 7.47. The molecule has 2 aliphatic rings. The van der Waals surface area contributed by atoms with Crippen LogP contribution in [0.15, 0.2) is 18.2 Å². The Morgan fingerprint density at radius 3 is 2.91 bits per heavy atom. The molecule has 0 radical (unpaired) electrons. The molecule has 2 fully saturated rings. The highest BCUT2D eigenvalue weighted by atomic mass is 19.1. The molecule has 22 heavy (non-hydrogen) atoms. The molecule has 6 heteroatoms. The molecule has 0 N–H and O–H groups in total. The number of amides is 1. The maximum atomic E-state index is 13.8. The van der Waals surface area contributed by atoms with E-state index in [9.17, 15) is 9.18 Å². The first-order chi connectivity index (χ1) is 10.6. The van der Waals surface area contributed by atoms with E-state index in [0.717, 1.165) is 12.1 Å². The second-order valence-electron chi connectivity index (χ2n) is 6.00. The van der Waals surface area contributed by atoms with E-state index in [2.05, 4.69) is 4.90 Å². The van der Waals surface area contributed by atoms with Gasteiger partial charge in [-0.05, 0) is 17.7 Å². The van der Waals surface area contributed by atoms with E-state index in [1.165, 1.54) is 13.2 Å². The number of likely N-dealkylation sites (N-methyl/N-ethyl adjacent to an activating group) is 1. The van der Waals surface area contributed by atoms with E-state index in [1.54, 1.807) is 11.0 Å². The van der Waals surface area contributed by atoms with Gasteiger partial charge in [0.25, 0.3) is 0 Å². The minimum Gasteiger partial charge on any atom is -0.494 e. The third-order valence-corrected chi connectivity index (χ3v) is 4.44. The predicted molar refractivity (Wildman–Crippen MR) is 79.1 cm³/mol. The SMILES string of the molecule is COc1ccc(CN2C[C@@H]3COC[C@H](C2)N(C)C3=O)cc1F. The molecule has 0 aliphatic carbocycles. The zero-order chi connectivity index (χ0) is 15.7. The lowest BCUT2D eigenvalue weighted by atomic mass is 10.1. The zero-order valence-electron chi connectivity index (χ0n) is 12.9. The molecule has 0 saturated carbocycles. The summed E-state index contributed by atoms with van der Waals surface area (Å²) < 4.78 is 24.3. The molecule has 0 unspecified atom stereocenters. The zero-order valence-corrected chi connectivity index (χ0v) is 12.9. The van der Waals surface area contributed by atoms with Crippen molar-refractivity contribution in [2.75, 3.05) is 40.5 Å². The highest BCUT2D eigenvalue weighted by Crippen LogP contribution is 2.23. The molecule has 3 rings (SSSR count). The Balaban J connectivity index is 1.75. The van der Waals surface area contributed by atoms with Crippen LogP contribution in [0, 0.1) is 11.7 Å². The number of ether oxygens (including phenoxy) is 2. The molecule has 2 saturated heterocycles. The molecular weight excluding hydrogens is 287 g/mol. The van der Waals surface area contributed by atoms with Gasteiger partial charge in [-0.25, -0.2) is 4.39 Å².